The highest BCUT2D eigenvalue weighted by molar-refractivity contribution is 5.76. The minimum atomic E-state index is 0.222. The molecule has 2 rings (SSSR count). The highest BCUT2D eigenvalue weighted by Crippen LogP contribution is 2.28. The second-order valence-electron chi connectivity index (χ2n) is 5.51. The molecule has 6 nitrogen and oxygen atoms in total. The molecule has 128 valence electrons. The van der Waals surface area contributed by atoms with Crippen molar-refractivity contribution in [3.63, 3.8) is 0 Å². The van der Waals surface area contributed by atoms with E-state index in [4.69, 9.17) is 14.6 Å². The number of carbonyl (C=O) groups excluding carboxylic acids is 1. The molecule has 1 fully saturated rings. The van der Waals surface area contributed by atoms with E-state index in [0.717, 1.165) is 45.6 Å². The summed E-state index contributed by atoms with van der Waals surface area (Å²) in [6, 6.07) is 5.23. The van der Waals surface area contributed by atoms with E-state index in [1.807, 2.05) is 6.92 Å². The molecule has 1 aliphatic heterocycles. The largest absolute Gasteiger partial charge is 0.490 e. The van der Waals surface area contributed by atoms with Gasteiger partial charge in [-0.1, -0.05) is 0 Å². The molecule has 1 N–H and O–H groups in total. The van der Waals surface area contributed by atoms with Crippen LogP contribution in [0.4, 0.5) is 0 Å². The third-order valence-corrected chi connectivity index (χ3v) is 3.95. The van der Waals surface area contributed by atoms with Crippen molar-refractivity contribution in [1.29, 1.82) is 0 Å². The summed E-state index contributed by atoms with van der Waals surface area (Å²) in [6.45, 7) is 8.81. The fourth-order valence-electron chi connectivity index (χ4n) is 2.65. The van der Waals surface area contributed by atoms with Crippen LogP contribution in [0.2, 0.25) is 0 Å². The van der Waals surface area contributed by atoms with E-state index in [9.17, 15) is 4.79 Å². The van der Waals surface area contributed by atoms with Crippen LogP contribution in [0.1, 0.15) is 17.3 Å². The molecule has 0 atom stereocenters. The van der Waals surface area contributed by atoms with Gasteiger partial charge in [-0.3, -0.25) is 14.6 Å². The Morgan fingerprint density at radius 2 is 1.78 bits per heavy atom. The molecule has 0 aliphatic carbocycles. The monoisotopic (exact) mass is 322 g/mol. The predicted octanol–water partition coefficient (Wildman–Crippen LogP) is 0.887. The lowest BCUT2D eigenvalue weighted by atomic mass is 10.2. The smallest absolute Gasteiger partial charge is 0.161 e. The van der Waals surface area contributed by atoms with Crippen LogP contribution in [-0.2, 0) is 0 Å². The molecule has 1 heterocycles. The Balaban J connectivity index is 1.79. The number of hydrogen-bond acceptors (Lipinski definition) is 6. The van der Waals surface area contributed by atoms with Gasteiger partial charge in [0.2, 0.25) is 0 Å². The number of nitrogens with zero attached hydrogens (tertiary/aromatic N) is 2. The summed E-state index contributed by atoms with van der Waals surface area (Å²) < 4.78 is 11.4. The highest BCUT2D eigenvalue weighted by Gasteiger charge is 2.16. The second-order valence-corrected chi connectivity index (χ2v) is 5.51. The normalized spacial score (nSPS) is 16.3. The Labute approximate surface area is 137 Å². The molecular weight excluding hydrogens is 296 g/mol. The summed E-state index contributed by atoms with van der Waals surface area (Å²) in [7, 11) is 0. The standard InChI is InChI=1S/C17H26N2O4/c1-2-22-17-13-15(14-21)3-4-16(17)23-12-10-19-7-5-18(6-8-19)9-11-20/h3-4,13-14,20H,2,5-12H2,1H3. The Kier molecular flexibility index (Phi) is 7.32. The SMILES string of the molecule is CCOc1cc(C=O)ccc1OCCN1CCN(CCO)CC1. The van der Waals surface area contributed by atoms with Crippen molar-refractivity contribution in [2.45, 2.75) is 6.92 Å². The van der Waals surface area contributed by atoms with Crippen molar-refractivity contribution in [2.75, 3.05) is 59.1 Å². The number of carbonyl (C=O) groups is 1. The topological polar surface area (TPSA) is 62.2 Å². The summed E-state index contributed by atoms with van der Waals surface area (Å²) in [5.74, 6) is 1.29. The Morgan fingerprint density at radius 3 is 2.39 bits per heavy atom. The average Bonchev–Trinajstić information content (AvgIpc) is 2.58. The number of benzene rings is 1. The quantitative estimate of drug-likeness (QED) is 0.681. The van der Waals surface area contributed by atoms with Gasteiger partial charge in [-0.25, -0.2) is 0 Å². The molecule has 0 radical (unpaired) electrons. The summed E-state index contributed by atoms with van der Waals surface area (Å²) in [6.07, 6.45) is 0.804. The van der Waals surface area contributed by atoms with Gasteiger partial charge in [0.1, 0.15) is 12.9 Å². The molecular formula is C17H26N2O4. The van der Waals surface area contributed by atoms with E-state index in [2.05, 4.69) is 9.80 Å². The van der Waals surface area contributed by atoms with Crippen molar-refractivity contribution in [3.05, 3.63) is 23.8 Å². The van der Waals surface area contributed by atoms with Crippen LogP contribution >= 0.6 is 0 Å². The number of rotatable bonds is 9. The van der Waals surface area contributed by atoms with Crippen molar-refractivity contribution < 1.29 is 19.4 Å². The maximum atomic E-state index is 10.8. The number of aliphatic hydroxyl groups is 1. The number of hydrogen-bond donors (Lipinski definition) is 1. The molecule has 0 bridgehead atoms. The Bertz CT molecular complexity index is 487. The van der Waals surface area contributed by atoms with E-state index >= 15 is 0 Å². The highest BCUT2D eigenvalue weighted by atomic mass is 16.5. The number of aldehydes is 1. The number of β-amino-alcohol motifs (C(OH)–C–C–N with tert-alkyl or cyclic N) is 1. The number of aliphatic hydroxyl groups excluding tert-OH is 1. The van der Waals surface area contributed by atoms with Crippen LogP contribution < -0.4 is 9.47 Å². The molecule has 1 aromatic carbocycles. The first-order valence-corrected chi connectivity index (χ1v) is 8.17. The van der Waals surface area contributed by atoms with Crippen LogP contribution in [0.15, 0.2) is 18.2 Å². The van der Waals surface area contributed by atoms with Gasteiger partial charge in [-0.15, -0.1) is 0 Å². The van der Waals surface area contributed by atoms with Gasteiger partial charge in [0.25, 0.3) is 0 Å². The maximum absolute atomic E-state index is 10.8. The summed E-state index contributed by atoms with van der Waals surface area (Å²) >= 11 is 0. The first-order chi connectivity index (χ1) is 11.3. The molecule has 0 amide bonds. The van der Waals surface area contributed by atoms with Crippen LogP contribution in [0.25, 0.3) is 0 Å². The zero-order chi connectivity index (χ0) is 16.5. The Morgan fingerprint density at radius 1 is 1.09 bits per heavy atom. The van der Waals surface area contributed by atoms with E-state index in [-0.39, 0.29) is 6.61 Å². The van der Waals surface area contributed by atoms with Gasteiger partial charge in [-0.05, 0) is 25.1 Å². The fourth-order valence-corrected chi connectivity index (χ4v) is 2.65. The third kappa shape index (κ3) is 5.49. The first-order valence-electron chi connectivity index (χ1n) is 8.17. The average molecular weight is 322 g/mol. The van der Waals surface area contributed by atoms with Crippen LogP contribution in [0.3, 0.4) is 0 Å². The summed E-state index contributed by atoms with van der Waals surface area (Å²) in [4.78, 5) is 15.5. The van der Waals surface area contributed by atoms with Crippen LogP contribution in [-0.4, -0.2) is 80.3 Å². The molecule has 23 heavy (non-hydrogen) atoms. The van der Waals surface area contributed by atoms with Crippen LogP contribution in [0, 0.1) is 0 Å². The lowest BCUT2D eigenvalue weighted by Crippen LogP contribution is -2.48. The van der Waals surface area contributed by atoms with Gasteiger partial charge in [-0.2, -0.15) is 0 Å². The number of piperazine rings is 1. The van der Waals surface area contributed by atoms with E-state index in [1.165, 1.54) is 0 Å². The van der Waals surface area contributed by atoms with E-state index in [1.54, 1.807) is 18.2 Å². The fraction of sp³-hybridized carbons (Fsp3) is 0.588. The minimum Gasteiger partial charge on any atom is -0.490 e. The summed E-state index contributed by atoms with van der Waals surface area (Å²) in [5, 5.41) is 8.95. The molecule has 1 saturated heterocycles. The zero-order valence-corrected chi connectivity index (χ0v) is 13.7. The van der Waals surface area contributed by atoms with Gasteiger partial charge in [0.15, 0.2) is 11.5 Å². The van der Waals surface area contributed by atoms with Crippen molar-refractivity contribution in [2.24, 2.45) is 0 Å². The van der Waals surface area contributed by atoms with Gasteiger partial charge >= 0.3 is 0 Å². The lowest BCUT2D eigenvalue weighted by Gasteiger charge is -2.34. The second kappa shape index (κ2) is 9.50. The van der Waals surface area contributed by atoms with Gasteiger partial charge < -0.3 is 14.6 Å². The molecule has 0 aromatic heterocycles. The Hall–Kier alpha value is -1.63. The van der Waals surface area contributed by atoms with Crippen LogP contribution in [0.5, 0.6) is 11.5 Å². The molecule has 6 heteroatoms. The van der Waals surface area contributed by atoms with E-state index < -0.39 is 0 Å². The predicted molar refractivity (Wildman–Crippen MR) is 88.5 cm³/mol. The molecule has 0 spiro atoms. The minimum absolute atomic E-state index is 0.222. The molecule has 1 aliphatic rings. The van der Waals surface area contributed by atoms with E-state index in [0.29, 0.717) is 30.3 Å². The molecule has 0 saturated carbocycles. The molecule has 0 unspecified atom stereocenters. The molecule has 1 aromatic rings. The van der Waals surface area contributed by atoms with Gasteiger partial charge in [0, 0.05) is 44.8 Å². The maximum Gasteiger partial charge on any atom is 0.161 e. The van der Waals surface area contributed by atoms with Crippen molar-refractivity contribution >= 4 is 6.29 Å². The first kappa shape index (κ1) is 17.7. The zero-order valence-electron chi connectivity index (χ0n) is 13.7. The number of ether oxygens (including phenoxy) is 2. The third-order valence-electron chi connectivity index (χ3n) is 3.95. The van der Waals surface area contributed by atoms with Gasteiger partial charge in [0.05, 0.1) is 13.2 Å². The van der Waals surface area contributed by atoms with Crippen molar-refractivity contribution in [3.8, 4) is 11.5 Å². The van der Waals surface area contributed by atoms with Crippen molar-refractivity contribution in [1.82, 2.24) is 9.80 Å². The summed E-state index contributed by atoms with van der Waals surface area (Å²) in [5.41, 5.74) is 0.584. The lowest BCUT2D eigenvalue weighted by molar-refractivity contribution is 0.101.